The van der Waals surface area contributed by atoms with E-state index in [4.69, 9.17) is 4.74 Å². The molecular formula is C17H27NO. The molecule has 1 aromatic rings. The summed E-state index contributed by atoms with van der Waals surface area (Å²) in [6.45, 7) is 5.10. The average molecular weight is 261 g/mol. The first-order valence-electron chi connectivity index (χ1n) is 7.66. The Morgan fingerprint density at radius 3 is 2.26 bits per heavy atom. The minimum absolute atomic E-state index is 0.00275. The maximum absolute atomic E-state index is 6.19. The van der Waals surface area contributed by atoms with Gasteiger partial charge in [-0.25, -0.2) is 0 Å². The molecule has 0 aromatic heterocycles. The number of hydrogen-bond acceptors (Lipinski definition) is 2. The predicted octanol–water partition coefficient (Wildman–Crippen LogP) is 3.86. The van der Waals surface area contributed by atoms with Crippen molar-refractivity contribution in [1.82, 2.24) is 5.32 Å². The topological polar surface area (TPSA) is 21.3 Å². The van der Waals surface area contributed by atoms with Crippen molar-refractivity contribution in [3.05, 3.63) is 35.4 Å². The van der Waals surface area contributed by atoms with E-state index in [1.807, 2.05) is 0 Å². The van der Waals surface area contributed by atoms with E-state index in [-0.39, 0.29) is 5.60 Å². The van der Waals surface area contributed by atoms with Gasteiger partial charge in [0.1, 0.15) is 0 Å². The van der Waals surface area contributed by atoms with E-state index < -0.39 is 0 Å². The van der Waals surface area contributed by atoms with Gasteiger partial charge >= 0.3 is 0 Å². The third kappa shape index (κ3) is 3.01. The van der Waals surface area contributed by atoms with Crippen LogP contribution in [0.25, 0.3) is 0 Å². The molecule has 0 radical (unpaired) electrons. The summed E-state index contributed by atoms with van der Waals surface area (Å²) in [5.41, 5.74) is 2.75. The number of rotatable bonds is 6. The molecule has 2 heteroatoms. The molecule has 1 atom stereocenters. The van der Waals surface area contributed by atoms with Gasteiger partial charge in [0.05, 0.1) is 11.6 Å². The van der Waals surface area contributed by atoms with Gasteiger partial charge < -0.3 is 10.1 Å². The summed E-state index contributed by atoms with van der Waals surface area (Å²) in [5.74, 6) is 0. The molecule has 0 heterocycles. The van der Waals surface area contributed by atoms with Crippen molar-refractivity contribution in [3.63, 3.8) is 0 Å². The number of likely N-dealkylation sites (N-methyl/N-ethyl adjacent to an activating group) is 1. The van der Waals surface area contributed by atoms with E-state index in [1.54, 1.807) is 0 Å². The Morgan fingerprint density at radius 1 is 1.16 bits per heavy atom. The maximum atomic E-state index is 6.19. The Kier molecular flexibility index (Phi) is 5.00. The van der Waals surface area contributed by atoms with Crippen LogP contribution in [-0.2, 0) is 11.2 Å². The molecule has 0 bridgehead atoms. The van der Waals surface area contributed by atoms with Crippen LogP contribution in [0.3, 0.4) is 0 Å². The highest BCUT2D eigenvalue weighted by molar-refractivity contribution is 5.27. The molecule has 1 unspecified atom stereocenters. The van der Waals surface area contributed by atoms with Crippen LogP contribution in [0.5, 0.6) is 0 Å². The highest BCUT2D eigenvalue weighted by Gasteiger charge is 2.42. The van der Waals surface area contributed by atoms with Gasteiger partial charge in [-0.15, -0.1) is 0 Å². The summed E-state index contributed by atoms with van der Waals surface area (Å²) in [7, 11) is 2.05. The Labute approximate surface area is 117 Å². The van der Waals surface area contributed by atoms with Crippen LogP contribution in [0, 0.1) is 0 Å². The molecule has 106 valence electrons. The van der Waals surface area contributed by atoms with Crippen LogP contribution in [0.4, 0.5) is 0 Å². The van der Waals surface area contributed by atoms with Crippen molar-refractivity contribution in [2.24, 2.45) is 0 Å². The van der Waals surface area contributed by atoms with Crippen LogP contribution < -0.4 is 5.32 Å². The predicted molar refractivity (Wildman–Crippen MR) is 80.4 cm³/mol. The summed E-state index contributed by atoms with van der Waals surface area (Å²) in [4.78, 5) is 0. The second-order valence-corrected chi connectivity index (χ2v) is 5.52. The van der Waals surface area contributed by atoms with Crippen LogP contribution in [-0.4, -0.2) is 19.3 Å². The largest absolute Gasteiger partial charge is 0.373 e. The van der Waals surface area contributed by atoms with Gasteiger partial charge in [0.15, 0.2) is 0 Å². The fourth-order valence-electron chi connectivity index (χ4n) is 3.46. The summed E-state index contributed by atoms with van der Waals surface area (Å²) in [5, 5.41) is 3.50. The lowest BCUT2D eigenvalue weighted by Crippen LogP contribution is -2.43. The molecule has 1 fully saturated rings. The Morgan fingerprint density at radius 2 is 1.79 bits per heavy atom. The van der Waals surface area contributed by atoms with E-state index in [9.17, 15) is 0 Å². The number of nitrogens with one attached hydrogen (secondary N) is 1. The average Bonchev–Trinajstić information content (AvgIpc) is 2.90. The van der Waals surface area contributed by atoms with Crippen LogP contribution in [0.15, 0.2) is 24.3 Å². The van der Waals surface area contributed by atoms with E-state index in [0.29, 0.717) is 6.04 Å². The van der Waals surface area contributed by atoms with Crippen molar-refractivity contribution in [2.45, 2.75) is 57.6 Å². The number of ether oxygens (including phenoxy) is 1. The van der Waals surface area contributed by atoms with E-state index in [0.717, 1.165) is 13.0 Å². The molecule has 1 aliphatic rings. The van der Waals surface area contributed by atoms with Gasteiger partial charge in [-0.3, -0.25) is 0 Å². The fraction of sp³-hybridized carbons (Fsp3) is 0.647. The lowest BCUT2D eigenvalue weighted by atomic mass is 9.86. The zero-order valence-electron chi connectivity index (χ0n) is 12.5. The minimum Gasteiger partial charge on any atom is -0.373 e. The molecule has 1 saturated carbocycles. The fourth-order valence-corrected chi connectivity index (χ4v) is 3.46. The zero-order chi connectivity index (χ0) is 13.7. The van der Waals surface area contributed by atoms with Gasteiger partial charge in [-0.05, 0) is 44.4 Å². The molecule has 1 aliphatic carbocycles. The molecule has 0 amide bonds. The van der Waals surface area contributed by atoms with Gasteiger partial charge in [0.2, 0.25) is 0 Å². The van der Waals surface area contributed by atoms with E-state index >= 15 is 0 Å². The summed E-state index contributed by atoms with van der Waals surface area (Å²) in [6.07, 6.45) is 6.00. The molecule has 1 aromatic carbocycles. The third-order valence-corrected chi connectivity index (χ3v) is 4.42. The second-order valence-electron chi connectivity index (χ2n) is 5.52. The Hall–Kier alpha value is -0.860. The van der Waals surface area contributed by atoms with Gasteiger partial charge in [0.25, 0.3) is 0 Å². The van der Waals surface area contributed by atoms with Crippen LogP contribution in [0.2, 0.25) is 0 Å². The molecule has 19 heavy (non-hydrogen) atoms. The first-order valence-corrected chi connectivity index (χ1v) is 7.66. The van der Waals surface area contributed by atoms with Crippen molar-refractivity contribution in [3.8, 4) is 0 Å². The quantitative estimate of drug-likeness (QED) is 0.839. The number of aryl methyl sites for hydroxylation is 1. The molecule has 0 spiro atoms. The molecular weight excluding hydrogens is 234 g/mol. The highest BCUT2D eigenvalue weighted by atomic mass is 16.5. The monoisotopic (exact) mass is 261 g/mol. The smallest absolute Gasteiger partial charge is 0.0876 e. The lowest BCUT2D eigenvalue weighted by molar-refractivity contribution is -0.0610. The Balaban J connectivity index is 2.25. The second kappa shape index (κ2) is 6.53. The SMILES string of the molecule is CCOC1(C(NC)c2ccc(CC)cc2)CCCC1. The standard InChI is InChI=1S/C17H27NO/c1-4-14-8-10-15(11-9-14)16(18-3)17(19-5-2)12-6-7-13-17/h8-11,16,18H,4-7,12-13H2,1-3H3. The van der Waals surface area contributed by atoms with Crippen molar-refractivity contribution < 1.29 is 4.74 Å². The van der Waals surface area contributed by atoms with Crippen molar-refractivity contribution >= 4 is 0 Å². The molecule has 2 rings (SSSR count). The minimum atomic E-state index is -0.00275. The molecule has 0 aliphatic heterocycles. The van der Waals surface area contributed by atoms with E-state index in [1.165, 1.54) is 36.8 Å². The van der Waals surface area contributed by atoms with Crippen molar-refractivity contribution in [2.75, 3.05) is 13.7 Å². The first-order chi connectivity index (χ1) is 9.25. The van der Waals surface area contributed by atoms with Gasteiger partial charge in [-0.1, -0.05) is 44.0 Å². The highest BCUT2D eigenvalue weighted by Crippen LogP contribution is 2.42. The van der Waals surface area contributed by atoms with Crippen LogP contribution >= 0.6 is 0 Å². The summed E-state index contributed by atoms with van der Waals surface area (Å²) in [6, 6.07) is 9.32. The van der Waals surface area contributed by atoms with Gasteiger partial charge in [0, 0.05) is 6.61 Å². The molecule has 0 saturated heterocycles. The summed E-state index contributed by atoms with van der Waals surface area (Å²) < 4.78 is 6.19. The number of benzene rings is 1. The maximum Gasteiger partial charge on any atom is 0.0876 e. The van der Waals surface area contributed by atoms with Crippen LogP contribution in [0.1, 0.15) is 56.7 Å². The van der Waals surface area contributed by atoms with Gasteiger partial charge in [-0.2, -0.15) is 0 Å². The lowest BCUT2D eigenvalue weighted by Gasteiger charge is -2.37. The summed E-state index contributed by atoms with van der Waals surface area (Å²) >= 11 is 0. The third-order valence-electron chi connectivity index (χ3n) is 4.42. The van der Waals surface area contributed by atoms with E-state index in [2.05, 4.69) is 50.5 Å². The normalized spacial score (nSPS) is 19.5. The molecule has 2 nitrogen and oxygen atoms in total. The Bertz CT molecular complexity index is 379. The zero-order valence-corrected chi connectivity index (χ0v) is 12.5. The van der Waals surface area contributed by atoms with Crippen molar-refractivity contribution in [1.29, 1.82) is 0 Å². The molecule has 1 N–H and O–H groups in total. The number of hydrogen-bond donors (Lipinski definition) is 1. The first kappa shape index (κ1) is 14.5.